The number of urea groups is 1. The summed E-state index contributed by atoms with van der Waals surface area (Å²) in [5, 5.41) is 5.63. The van der Waals surface area contributed by atoms with Crippen molar-refractivity contribution in [2.24, 2.45) is 0 Å². The van der Waals surface area contributed by atoms with Crippen molar-refractivity contribution >= 4 is 6.03 Å². The average molecular weight is 313 g/mol. The van der Waals surface area contributed by atoms with Crippen LogP contribution in [0.15, 0.2) is 42.6 Å². The number of carbonyl (C=O) groups excluding carboxylic acids is 1. The Balaban J connectivity index is 1.70. The molecule has 1 atom stereocenters. The molecular weight excluding hydrogens is 290 g/mol. The van der Waals surface area contributed by atoms with Crippen molar-refractivity contribution in [1.29, 1.82) is 0 Å². The van der Waals surface area contributed by atoms with Crippen LogP contribution in [-0.4, -0.2) is 24.2 Å². The van der Waals surface area contributed by atoms with E-state index in [2.05, 4.69) is 21.7 Å². The third-order valence-corrected chi connectivity index (χ3v) is 3.45. The molecule has 0 bridgehead atoms. The average Bonchev–Trinajstić information content (AvgIpc) is 2.54. The molecular formula is C18H23N3O2. The Hall–Kier alpha value is -2.56. The molecule has 5 heteroatoms. The predicted octanol–water partition coefficient (Wildman–Crippen LogP) is 3.14. The van der Waals surface area contributed by atoms with E-state index in [-0.39, 0.29) is 12.1 Å². The number of pyridine rings is 1. The molecule has 122 valence electrons. The number of hydrogen-bond donors (Lipinski definition) is 2. The summed E-state index contributed by atoms with van der Waals surface area (Å²) in [4.78, 5) is 16.1. The number of nitrogens with one attached hydrogen (secondary N) is 2. The Morgan fingerprint density at radius 2 is 2.09 bits per heavy atom. The van der Waals surface area contributed by atoms with E-state index >= 15 is 0 Å². The largest absolute Gasteiger partial charge is 0.491 e. The Morgan fingerprint density at radius 3 is 2.78 bits per heavy atom. The summed E-state index contributed by atoms with van der Waals surface area (Å²) in [5.41, 5.74) is 3.13. The highest BCUT2D eigenvalue weighted by molar-refractivity contribution is 5.74. The van der Waals surface area contributed by atoms with Crippen LogP contribution in [0.1, 0.15) is 29.8 Å². The molecule has 2 rings (SSSR count). The first-order valence-corrected chi connectivity index (χ1v) is 7.71. The smallest absolute Gasteiger partial charge is 0.315 e. The zero-order chi connectivity index (χ0) is 16.7. The molecule has 0 unspecified atom stereocenters. The molecule has 0 fully saturated rings. The van der Waals surface area contributed by atoms with Crippen LogP contribution >= 0.6 is 0 Å². The molecule has 0 saturated carbocycles. The fourth-order valence-electron chi connectivity index (χ4n) is 2.24. The Kier molecular flexibility index (Phi) is 5.97. The highest BCUT2D eigenvalue weighted by Crippen LogP contribution is 2.18. The van der Waals surface area contributed by atoms with Gasteiger partial charge in [0.15, 0.2) is 0 Å². The Labute approximate surface area is 137 Å². The summed E-state index contributed by atoms with van der Waals surface area (Å²) in [6.07, 6.45) is 1.71. The van der Waals surface area contributed by atoms with Gasteiger partial charge in [-0.15, -0.1) is 0 Å². The van der Waals surface area contributed by atoms with Crippen LogP contribution in [0.4, 0.5) is 4.79 Å². The van der Waals surface area contributed by atoms with Gasteiger partial charge >= 0.3 is 6.03 Å². The fraction of sp³-hybridized carbons (Fsp3) is 0.333. The van der Waals surface area contributed by atoms with Crippen LogP contribution in [0, 0.1) is 13.8 Å². The topological polar surface area (TPSA) is 63.2 Å². The molecule has 2 aromatic rings. The van der Waals surface area contributed by atoms with Gasteiger partial charge in [-0.3, -0.25) is 4.98 Å². The van der Waals surface area contributed by atoms with Crippen LogP contribution < -0.4 is 15.4 Å². The maximum atomic E-state index is 11.8. The van der Waals surface area contributed by atoms with Gasteiger partial charge in [-0.25, -0.2) is 4.79 Å². The minimum absolute atomic E-state index is 0.142. The SMILES string of the molecule is Cc1ccc(OCCNC(=O)N[C@H](C)c2ccccn2)c(C)c1. The zero-order valence-electron chi connectivity index (χ0n) is 13.8. The third-order valence-electron chi connectivity index (χ3n) is 3.45. The number of nitrogens with zero attached hydrogens (tertiary/aromatic N) is 1. The van der Waals surface area contributed by atoms with Crippen molar-refractivity contribution in [3.63, 3.8) is 0 Å². The molecule has 0 aliphatic carbocycles. The lowest BCUT2D eigenvalue weighted by atomic mass is 10.1. The van der Waals surface area contributed by atoms with Crippen molar-refractivity contribution in [2.45, 2.75) is 26.8 Å². The quantitative estimate of drug-likeness (QED) is 0.805. The third kappa shape index (κ3) is 5.29. The minimum atomic E-state index is -0.229. The summed E-state index contributed by atoms with van der Waals surface area (Å²) in [7, 11) is 0. The summed E-state index contributed by atoms with van der Waals surface area (Å²) in [6.45, 7) is 6.82. The van der Waals surface area contributed by atoms with E-state index in [9.17, 15) is 4.79 Å². The lowest BCUT2D eigenvalue weighted by Crippen LogP contribution is -2.39. The van der Waals surface area contributed by atoms with Gasteiger partial charge in [0, 0.05) is 6.20 Å². The van der Waals surface area contributed by atoms with Crippen molar-refractivity contribution in [3.05, 3.63) is 59.4 Å². The van der Waals surface area contributed by atoms with E-state index in [1.165, 1.54) is 5.56 Å². The second kappa shape index (κ2) is 8.17. The standard InChI is InChI=1S/C18H23N3O2/c1-13-7-8-17(14(2)12-13)23-11-10-20-18(22)21-15(3)16-6-4-5-9-19-16/h4-9,12,15H,10-11H2,1-3H3,(H2,20,21,22)/t15-/m1/s1. The maximum Gasteiger partial charge on any atom is 0.315 e. The number of rotatable bonds is 6. The number of aryl methyl sites for hydroxylation is 2. The lowest BCUT2D eigenvalue weighted by molar-refractivity contribution is 0.233. The lowest BCUT2D eigenvalue weighted by Gasteiger charge is -2.14. The summed E-state index contributed by atoms with van der Waals surface area (Å²) in [5.74, 6) is 0.847. The van der Waals surface area contributed by atoms with Crippen LogP contribution in [0.2, 0.25) is 0 Å². The number of aromatic nitrogens is 1. The van der Waals surface area contributed by atoms with Crippen molar-refractivity contribution in [3.8, 4) is 5.75 Å². The molecule has 0 radical (unpaired) electrons. The van der Waals surface area contributed by atoms with Gasteiger partial charge < -0.3 is 15.4 Å². The first kappa shape index (κ1) is 16.8. The monoisotopic (exact) mass is 313 g/mol. The fourth-order valence-corrected chi connectivity index (χ4v) is 2.24. The van der Waals surface area contributed by atoms with E-state index in [0.717, 1.165) is 17.0 Å². The summed E-state index contributed by atoms with van der Waals surface area (Å²) in [6, 6.07) is 11.3. The number of ether oxygens (including phenoxy) is 1. The Morgan fingerprint density at radius 1 is 1.26 bits per heavy atom. The summed E-state index contributed by atoms with van der Waals surface area (Å²) >= 11 is 0. The highest BCUT2D eigenvalue weighted by Gasteiger charge is 2.09. The molecule has 1 heterocycles. The van der Waals surface area contributed by atoms with E-state index in [0.29, 0.717) is 13.2 Å². The van der Waals surface area contributed by atoms with Crippen molar-refractivity contribution in [1.82, 2.24) is 15.6 Å². The van der Waals surface area contributed by atoms with Gasteiger partial charge in [0.2, 0.25) is 0 Å². The number of carbonyl (C=O) groups is 1. The first-order valence-electron chi connectivity index (χ1n) is 7.71. The van der Waals surface area contributed by atoms with E-state index in [1.807, 2.05) is 51.1 Å². The molecule has 0 saturated heterocycles. The highest BCUT2D eigenvalue weighted by atomic mass is 16.5. The first-order chi connectivity index (χ1) is 11.1. The molecule has 0 spiro atoms. The molecule has 1 aromatic carbocycles. The molecule has 2 N–H and O–H groups in total. The van der Waals surface area contributed by atoms with Crippen LogP contribution in [0.25, 0.3) is 0 Å². The molecule has 2 amide bonds. The van der Waals surface area contributed by atoms with Crippen molar-refractivity contribution in [2.75, 3.05) is 13.2 Å². The molecule has 0 aliphatic heterocycles. The van der Waals surface area contributed by atoms with Gasteiger partial charge in [-0.2, -0.15) is 0 Å². The van der Waals surface area contributed by atoms with Crippen molar-refractivity contribution < 1.29 is 9.53 Å². The number of amides is 2. The van der Waals surface area contributed by atoms with Crippen LogP contribution in [-0.2, 0) is 0 Å². The van der Waals surface area contributed by atoms with Crippen LogP contribution in [0.5, 0.6) is 5.75 Å². The second-order valence-corrected chi connectivity index (χ2v) is 5.49. The number of benzene rings is 1. The summed E-state index contributed by atoms with van der Waals surface area (Å²) < 4.78 is 5.68. The van der Waals surface area contributed by atoms with Crippen LogP contribution in [0.3, 0.4) is 0 Å². The zero-order valence-corrected chi connectivity index (χ0v) is 13.8. The molecule has 5 nitrogen and oxygen atoms in total. The maximum absolute atomic E-state index is 11.8. The molecule has 0 aliphatic rings. The Bertz CT molecular complexity index is 644. The van der Waals surface area contributed by atoms with Gasteiger partial charge in [-0.05, 0) is 44.5 Å². The molecule has 23 heavy (non-hydrogen) atoms. The van der Waals surface area contributed by atoms with E-state index in [1.54, 1.807) is 6.20 Å². The normalized spacial score (nSPS) is 11.6. The minimum Gasteiger partial charge on any atom is -0.491 e. The van der Waals surface area contributed by atoms with E-state index in [4.69, 9.17) is 4.74 Å². The second-order valence-electron chi connectivity index (χ2n) is 5.49. The van der Waals surface area contributed by atoms with Gasteiger partial charge in [0.25, 0.3) is 0 Å². The van der Waals surface area contributed by atoms with Gasteiger partial charge in [0.1, 0.15) is 12.4 Å². The number of hydrogen-bond acceptors (Lipinski definition) is 3. The van der Waals surface area contributed by atoms with E-state index < -0.39 is 0 Å². The van der Waals surface area contributed by atoms with Gasteiger partial charge in [0.05, 0.1) is 18.3 Å². The van der Waals surface area contributed by atoms with Gasteiger partial charge in [-0.1, -0.05) is 23.8 Å². The predicted molar refractivity (Wildman–Crippen MR) is 90.6 cm³/mol. The molecule has 1 aromatic heterocycles.